The quantitative estimate of drug-likeness (QED) is 0.496. The van der Waals surface area contributed by atoms with E-state index in [9.17, 15) is 4.79 Å². The molecule has 7 heteroatoms. The summed E-state index contributed by atoms with van der Waals surface area (Å²) in [6.07, 6.45) is 10.8. The van der Waals surface area contributed by atoms with Gasteiger partial charge in [-0.15, -0.1) is 0 Å². The highest BCUT2D eigenvalue weighted by Crippen LogP contribution is 2.21. The second-order valence-corrected chi connectivity index (χ2v) is 7.93. The number of amides is 1. The lowest BCUT2D eigenvalue weighted by Gasteiger charge is -2.26. The first-order valence-corrected chi connectivity index (χ1v) is 10.6. The number of aromatic nitrogens is 4. The maximum atomic E-state index is 12.8. The average Bonchev–Trinajstić information content (AvgIpc) is 3.46. The van der Waals surface area contributed by atoms with E-state index in [-0.39, 0.29) is 5.91 Å². The smallest absolute Gasteiger partial charge is 0.255 e. The van der Waals surface area contributed by atoms with E-state index in [2.05, 4.69) is 9.97 Å². The third-order valence-corrected chi connectivity index (χ3v) is 5.81. The highest BCUT2D eigenvalue weighted by Gasteiger charge is 2.19. The molecule has 31 heavy (non-hydrogen) atoms. The molecule has 0 spiro atoms. The molecule has 4 aromatic rings. The van der Waals surface area contributed by atoms with E-state index >= 15 is 0 Å². The lowest BCUT2D eigenvalue weighted by molar-refractivity contribution is 0.0724. The Morgan fingerprint density at radius 1 is 1.06 bits per heavy atom. The molecule has 1 aliphatic heterocycles. The Kier molecular flexibility index (Phi) is 5.16. The summed E-state index contributed by atoms with van der Waals surface area (Å²) in [5, 5.41) is 0.938. The van der Waals surface area contributed by atoms with Crippen molar-refractivity contribution < 1.29 is 9.53 Å². The van der Waals surface area contributed by atoms with Gasteiger partial charge in [0.05, 0.1) is 19.0 Å². The molecule has 0 bridgehead atoms. The third-order valence-electron chi connectivity index (χ3n) is 5.81. The molecule has 0 atom stereocenters. The summed E-state index contributed by atoms with van der Waals surface area (Å²) in [7, 11) is 1.67. The van der Waals surface area contributed by atoms with Crippen LogP contribution in [0.3, 0.4) is 0 Å². The van der Waals surface area contributed by atoms with Crippen LogP contribution in [-0.2, 0) is 6.54 Å². The largest absolute Gasteiger partial charge is 0.497 e. The van der Waals surface area contributed by atoms with Crippen molar-refractivity contribution in [1.82, 2.24) is 24.0 Å². The van der Waals surface area contributed by atoms with Crippen molar-refractivity contribution in [2.75, 3.05) is 20.2 Å². The molecule has 5 rings (SSSR count). The maximum absolute atomic E-state index is 12.8. The number of rotatable bonds is 5. The maximum Gasteiger partial charge on any atom is 0.255 e. The Morgan fingerprint density at radius 3 is 2.65 bits per heavy atom. The Morgan fingerprint density at radius 2 is 1.87 bits per heavy atom. The number of carbonyl (C=O) groups is 1. The van der Waals surface area contributed by atoms with Gasteiger partial charge in [0.2, 0.25) is 0 Å². The Bertz CT molecular complexity index is 1200. The number of fused-ring (bicyclic) bond motifs is 1. The minimum Gasteiger partial charge on any atom is -0.497 e. The van der Waals surface area contributed by atoms with Crippen molar-refractivity contribution in [2.24, 2.45) is 0 Å². The minimum absolute atomic E-state index is 0.0746. The zero-order valence-electron chi connectivity index (χ0n) is 17.6. The van der Waals surface area contributed by atoms with E-state index in [0.29, 0.717) is 5.56 Å². The van der Waals surface area contributed by atoms with Gasteiger partial charge in [-0.05, 0) is 49.1 Å². The SMILES string of the molecule is COc1ccc(Cn2cnc(-n3ccc4cc(C(=O)N5CCCCC5)cnc43)c2)cc1. The molecule has 3 aromatic heterocycles. The summed E-state index contributed by atoms with van der Waals surface area (Å²) in [4.78, 5) is 23.9. The van der Waals surface area contributed by atoms with Crippen LogP contribution in [0.4, 0.5) is 0 Å². The lowest BCUT2D eigenvalue weighted by atomic mass is 10.1. The molecule has 0 radical (unpaired) electrons. The molecule has 0 unspecified atom stereocenters. The normalized spacial score (nSPS) is 14.2. The van der Waals surface area contributed by atoms with Gasteiger partial charge >= 0.3 is 0 Å². The van der Waals surface area contributed by atoms with E-state index in [1.165, 1.54) is 12.0 Å². The molecule has 0 aliphatic carbocycles. The number of carbonyl (C=O) groups excluding carboxylic acids is 1. The van der Waals surface area contributed by atoms with Crippen LogP contribution in [0.15, 0.2) is 61.3 Å². The van der Waals surface area contributed by atoms with Gasteiger partial charge in [-0.3, -0.25) is 9.36 Å². The molecule has 158 valence electrons. The van der Waals surface area contributed by atoms with Crippen molar-refractivity contribution >= 4 is 16.9 Å². The lowest BCUT2D eigenvalue weighted by Crippen LogP contribution is -2.35. The van der Waals surface area contributed by atoms with E-state index < -0.39 is 0 Å². The van der Waals surface area contributed by atoms with Crippen molar-refractivity contribution in [3.63, 3.8) is 0 Å². The summed E-state index contributed by atoms with van der Waals surface area (Å²) in [6, 6.07) is 11.9. The van der Waals surface area contributed by atoms with Crippen LogP contribution in [0.1, 0.15) is 35.2 Å². The Labute approximate surface area is 180 Å². The standard InChI is InChI=1S/C24H25N5O2/c1-31-21-7-5-18(6-8-21)15-27-16-22(26-17-27)29-12-9-19-13-20(14-25-23(19)29)24(30)28-10-3-2-4-11-28/h5-9,12-14,16-17H,2-4,10-11,15H2,1H3. The zero-order chi connectivity index (χ0) is 21.2. The highest BCUT2D eigenvalue weighted by molar-refractivity contribution is 5.97. The number of ether oxygens (including phenoxy) is 1. The van der Waals surface area contributed by atoms with Gasteiger partial charge in [0.1, 0.15) is 11.4 Å². The first-order chi connectivity index (χ1) is 15.2. The van der Waals surface area contributed by atoms with Crippen LogP contribution in [0.2, 0.25) is 0 Å². The number of piperidine rings is 1. The first kappa shape index (κ1) is 19.4. The van der Waals surface area contributed by atoms with Crippen LogP contribution >= 0.6 is 0 Å². The van der Waals surface area contributed by atoms with Crippen molar-refractivity contribution in [2.45, 2.75) is 25.8 Å². The van der Waals surface area contributed by atoms with Crippen molar-refractivity contribution in [3.05, 3.63) is 72.4 Å². The molecule has 1 aliphatic rings. The van der Waals surface area contributed by atoms with Gasteiger partial charge in [0.15, 0.2) is 5.82 Å². The predicted molar refractivity (Wildman–Crippen MR) is 119 cm³/mol. The molecular formula is C24H25N5O2. The Balaban J connectivity index is 1.36. The van der Waals surface area contributed by atoms with Gasteiger partial charge in [0, 0.05) is 43.6 Å². The fourth-order valence-corrected chi connectivity index (χ4v) is 4.11. The van der Waals surface area contributed by atoms with Crippen LogP contribution in [0.5, 0.6) is 5.75 Å². The van der Waals surface area contributed by atoms with E-state index in [1.807, 2.05) is 69.2 Å². The number of hydrogen-bond acceptors (Lipinski definition) is 4. The molecule has 7 nitrogen and oxygen atoms in total. The van der Waals surface area contributed by atoms with E-state index in [0.717, 1.165) is 55.1 Å². The fraction of sp³-hybridized carbons (Fsp3) is 0.292. The second-order valence-electron chi connectivity index (χ2n) is 7.93. The van der Waals surface area contributed by atoms with Gasteiger partial charge in [-0.25, -0.2) is 9.97 Å². The van der Waals surface area contributed by atoms with Gasteiger partial charge in [-0.1, -0.05) is 12.1 Å². The third kappa shape index (κ3) is 3.91. The fourth-order valence-electron chi connectivity index (χ4n) is 4.11. The number of likely N-dealkylation sites (tertiary alicyclic amines) is 1. The molecular weight excluding hydrogens is 390 g/mol. The van der Waals surface area contributed by atoms with Crippen LogP contribution in [0.25, 0.3) is 16.9 Å². The molecule has 4 heterocycles. The molecule has 1 amide bonds. The summed E-state index contributed by atoms with van der Waals surface area (Å²) in [5.74, 6) is 1.72. The van der Waals surface area contributed by atoms with Gasteiger partial charge in [-0.2, -0.15) is 0 Å². The number of benzene rings is 1. The molecule has 1 aromatic carbocycles. The monoisotopic (exact) mass is 415 g/mol. The molecule has 0 saturated carbocycles. The van der Waals surface area contributed by atoms with E-state index in [4.69, 9.17) is 4.74 Å². The van der Waals surface area contributed by atoms with Crippen molar-refractivity contribution in [1.29, 1.82) is 0 Å². The second kappa shape index (κ2) is 8.26. The Hall–Kier alpha value is -3.61. The molecule has 1 saturated heterocycles. The number of imidazole rings is 1. The number of nitrogens with zero attached hydrogens (tertiary/aromatic N) is 5. The zero-order valence-corrected chi connectivity index (χ0v) is 17.6. The molecule has 1 fully saturated rings. The van der Waals surface area contributed by atoms with Crippen LogP contribution in [-0.4, -0.2) is 50.1 Å². The average molecular weight is 415 g/mol. The predicted octanol–water partition coefficient (Wildman–Crippen LogP) is 3.91. The number of hydrogen-bond donors (Lipinski definition) is 0. The number of methoxy groups -OCH3 is 1. The molecule has 0 N–H and O–H groups in total. The van der Waals surface area contributed by atoms with Crippen molar-refractivity contribution in [3.8, 4) is 11.6 Å². The highest BCUT2D eigenvalue weighted by atomic mass is 16.5. The van der Waals surface area contributed by atoms with Crippen LogP contribution in [0, 0.1) is 0 Å². The summed E-state index contributed by atoms with van der Waals surface area (Å²) < 4.78 is 9.21. The summed E-state index contributed by atoms with van der Waals surface area (Å²) in [6.45, 7) is 2.39. The van der Waals surface area contributed by atoms with Crippen LogP contribution < -0.4 is 4.74 Å². The summed E-state index contributed by atoms with van der Waals surface area (Å²) >= 11 is 0. The van der Waals surface area contributed by atoms with Gasteiger partial charge < -0.3 is 14.2 Å². The van der Waals surface area contributed by atoms with E-state index in [1.54, 1.807) is 13.3 Å². The topological polar surface area (TPSA) is 65.2 Å². The minimum atomic E-state index is 0.0746. The first-order valence-electron chi connectivity index (χ1n) is 10.6. The summed E-state index contributed by atoms with van der Waals surface area (Å²) in [5.41, 5.74) is 2.61. The van der Waals surface area contributed by atoms with Gasteiger partial charge in [0.25, 0.3) is 5.91 Å². The number of pyridine rings is 1.